The molecule has 0 spiro atoms. The highest BCUT2D eigenvalue weighted by atomic mass is 32.2. The molecule has 2 heterocycles. The normalized spacial score (nSPS) is 20.3. The van der Waals surface area contributed by atoms with E-state index in [2.05, 4.69) is 10.6 Å². The Morgan fingerprint density at radius 1 is 1.14 bits per heavy atom. The van der Waals surface area contributed by atoms with Crippen molar-refractivity contribution in [3.8, 4) is 10.4 Å². The van der Waals surface area contributed by atoms with Crippen molar-refractivity contribution < 1.29 is 23.8 Å². The fourth-order valence-corrected chi connectivity index (χ4v) is 6.66. The molecule has 0 bridgehead atoms. The molecule has 1 saturated carbocycles. The van der Waals surface area contributed by atoms with E-state index in [4.69, 9.17) is 19.2 Å². The van der Waals surface area contributed by atoms with Gasteiger partial charge in [0.05, 0.1) is 34.5 Å². The van der Waals surface area contributed by atoms with Gasteiger partial charge in [0, 0.05) is 34.3 Å². The van der Waals surface area contributed by atoms with Gasteiger partial charge in [-0.05, 0) is 72.4 Å². The van der Waals surface area contributed by atoms with Gasteiger partial charge in [0.1, 0.15) is 5.60 Å². The molecular formula is C27H37N3O5S2. The summed E-state index contributed by atoms with van der Waals surface area (Å²) in [6, 6.07) is 6.12. The first-order valence-corrected chi connectivity index (χ1v) is 14.6. The number of nitrogens with one attached hydrogen (secondary N) is 2. The van der Waals surface area contributed by atoms with Crippen LogP contribution in [0.4, 0.5) is 15.3 Å². The van der Waals surface area contributed by atoms with E-state index in [1.165, 1.54) is 0 Å². The molecule has 0 radical (unpaired) electrons. The van der Waals surface area contributed by atoms with E-state index in [9.17, 15) is 9.59 Å². The number of benzene rings is 1. The molecule has 2 aromatic rings. The minimum Gasteiger partial charge on any atom is -0.447 e. The van der Waals surface area contributed by atoms with Gasteiger partial charge in [0.15, 0.2) is 0 Å². The van der Waals surface area contributed by atoms with Gasteiger partial charge < -0.3 is 19.5 Å². The first-order chi connectivity index (χ1) is 17.6. The van der Waals surface area contributed by atoms with Crippen LogP contribution in [0.2, 0.25) is 0 Å². The van der Waals surface area contributed by atoms with Crippen LogP contribution < -0.4 is 10.6 Å². The molecule has 8 nitrogen and oxygen atoms in total. The fourth-order valence-electron chi connectivity index (χ4n) is 4.28. The minimum atomic E-state index is -0.559. The van der Waals surface area contributed by atoms with Crippen LogP contribution in [0.5, 0.6) is 0 Å². The van der Waals surface area contributed by atoms with Crippen LogP contribution in [-0.4, -0.2) is 53.4 Å². The zero-order chi connectivity index (χ0) is 26.6. The van der Waals surface area contributed by atoms with Crippen LogP contribution in [0.15, 0.2) is 29.3 Å². The lowest BCUT2D eigenvalue weighted by Gasteiger charge is -2.28. The number of hydrogen-bond acceptors (Lipinski definition) is 8. The second-order valence-corrected chi connectivity index (χ2v) is 13.2. The second kappa shape index (κ2) is 12.0. The number of thioether (sulfide) groups is 1. The molecule has 2 aliphatic rings. The van der Waals surface area contributed by atoms with E-state index < -0.39 is 11.7 Å². The number of aromatic nitrogens is 1. The molecule has 10 heteroatoms. The van der Waals surface area contributed by atoms with Crippen molar-refractivity contribution in [3.63, 3.8) is 0 Å². The first-order valence-electron chi connectivity index (χ1n) is 12.9. The maximum Gasteiger partial charge on any atom is 0.412 e. The maximum atomic E-state index is 12.3. The minimum absolute atomic E-state index is 0.118. The standard InChI is InChI=1S/C27H37N3O5S2/c1-16(2)34-25(31)29-18-8-6-17(7-9-18)24-28-13-23(37-24)21-11-10-19(30-26(32)35-27(3,4)5)12-22(21)36-20-14-33-15-20/h10-13,16-18,20H,6-9,14-15H2,1-5H3,(H,29,31)(H,30,32). The average molecular weight is 548 g/mol. The molecular weight excluding hydrogens is 510 g/mol. The van der Waals surface area contributed by atoms with E-state index in [-0.39, 0.29) is 18.2 Å². The summed E-state index contributed by atoms with van der Waals surface area (Å²) < 4.78 is 16.0. The second-order valence-electron chi connectivity index (χ2n) is 10.8. The average Bonchev–Trinajstić information content (AvgIpc) is 3.25. The number of nitrogens with zero attached hydrogens (tertiary/aromatic N) is 1. The van der Waals surface area contributed by atoms with Crippen LogP contribution in [0.1, 0.15) is 71.2 Å². The number of anilines is 1. The van der Waals surface area contributed by atoms with Crippen molar-refractivity contribution in [3.05, 3.63) is 29.4 Å². The summed E-state index contributed by atoms with van der Waals surface area (Å²) in [5.74, 6) is 0.391. The lowest BCUT2D eigenvalue weighted by Crippen LogP contribution is -2.38. The van der Waals surface area contributed by atoms with E-state index >= 15 is 0 Å². The Labute approximate surface area is 227 Å². The van der Waals surface area contributed by atoms with Crippen molar-refractivity contribution in [1.82, 2.24) is 10.3 Å². The number of rotatable bonds is 7. The van der Waals surface area contributed by atoms with Crippen molar-refractivity contribution in [2.75, 3.05) is 18.5 Å². The largest absolute Gasteiger partial charge is 0.447 e. The van der Waals surface area contributed by atoms with Gasteiger partial charge in [-0.2, -0.15) is 0 Å². The fraction of sp³-hybridized carbons (Fsp3) is 0.593. The molecule has 37 heavy (non-hydrogen) atoms. The topological polar surface area (TPSA) is 98.8 Å². The Morgan fingerprint density at radius 2 is 1.86 bits per heavy atom. The summed E-state index contributed by atoms with van der Waals surface area (Å²) in [6.45, 7) is 10.7. The molecule has 1 aliphatic heterocycles. The molecule has 2 amide bonds. The van der Waals surface area contributed by atoms with Crippen LogP contribution in [0, 0.1) is 0 Å². The molecule has 4 rings (SSSR count). The Kier molecular flexibility index (Phi) is 9.03. The van der Waals surface area contributed by atoms with E-state index in [1.807, 2.05) is 59.0 Å². The smallest absolute Gasteiger partial charge is 0.412 e. The van der Waals surface area contributed by atoms with Gasteiger partial charge in [0.2, 0.25) is 0 Å². The summed E-state index contributed by atoms with van der Waals surface area (Å²) in [7, 11) is 0. The van der Waals surface area contributed by atoms with Crippen molar-refractivity contribution in [2.24, 2.45) is 0 Å². The van der Waals surface area contributed by atoms with Crippen LogP contribution in [-0.2, 0) is 14.2 Å². The van der Waals surface area contributed by atoms with Crippen molar-refractivity contribution >= 4 is 41.0 Å². The molecule has 1 saturated heterocycles. The third kappa shape index (κ3) is 8.09. The third-order valence-corrected chi connectivity index (χ3v) is 8.45. The number of alkyl carbamates (subject to hydrolysis) is 1. The Hall–Kier alpha value is -2.30. The zero-order valence-corrected chi connectivity index (χ0v) is 23.8. The highest BCUT2D eigenvalue weighted by Gasteiger charge is 2.27. The summed E-state index contributed by atoms with van der Waals surface area (Å²) in [5, 5.41) is 7.38. The quantitative estimate of drug-likeness (QED) is 0.393. The lowest BCUT2D eigenvalue weighted by atomic mass is 9.86. The molecule has 1 aromatic carbocycles. The molecule has 1 aromatic heterocycles. The van der Waals surface area contributed by atoms with Crippen LogP contribution in [0.25, 0.3) is 10.4 Å². The summed E-state index contributed by atoms with van der Waals surface area (Å²) in [5.41, 5.74) is 1.26. The molecule has 0 atom stereocenters. The Balaban J connectivity index is 1.43. The van der Waals surface area contributed by atoms with Gasteiger partial charge in [-0.15, -0.1) is 23.1 Å². The predicted molar refractivity (Wildman–Crippen MR) is 148 cm³/mol. The number of amides is 2. The van der Waals surface area contributed by atoms with Gasteiger partial charge in [-0.1, -0.05) is 6.07 Å². The van der Waals surface area contributed by atoms with Gasteiger partial charge in [-0.3, -0.25) is 5.32 Å². The van der Waals surface area contributed by atoms with Gasteiger partial charge in [-0.25, -0.2) is 14.6 Å². The third-order valence-electron chi connectivity index (χ3n) is 6.06. The predicted octanol–water partition coefficient (Wildman–Crippen LogP) is 6.81. The zero-order valence-electron chi connectivity index (χ0n) is 22.2. The van der Waals surface area contributed by atoms with Crippen LogP contribution in [0.3, 0.4) is 0 Å². The number of thiazole rings is 1. The summed E-state index contributed by atoms with van der Waals surface area (Å²) in [6.07, 6.45) is 4.85. The number of carbonyl (C=O) groups is 2. The number of hydrogen-bond donors (Lipinski definition) is 2. The monoisotopic (exact) mass is 547 g/mol. The summed E-state index contributed by atoms with van der Waals surface area (Å²) >= 11 is 3.50. The first kappa shape index (κ1) is 27.7. The van der Waals surface area contributed by atoms with Crippen molar-refractivity contribution in [1.29, 1.82) is 0 Å². The molecule has 2 N–H and O–H groups in total. The molecule has 0 unspecified atom stereocenters. The van der Waals surface area contributed by atoms with E-state index in [0.717, 1.165) is 59.2 Å². The van der Waals surface area contributed by atoms with Gasteiger partial charge >= 0.3 is 12.2 Å². The molecule has 2 fully saturated rings. The molecule has 202 valence electrons. The molecule has 1 aliphatic carbocycles. The van der Waals surface area contributed by atoms with Crippen molar-refractivity contribution in [2.45, 2.75) is 94.1 Å². The van der Waals surface area contributed by atoms with Gasteiger partial charge in [0.25, 0.3) is 0 Å². The Morgan fingerprint density at radius 3 is 2.49 bits per heavy atom. The SMILES string of the molecule is CC(C)OC(=O)NC1CCC(c2ncc(-c3ccc(NC(=O)OC(C)(C)C)cc3SC3COC3)s2)CC1. The Bertz CT molecular complexity index is 1090. The highest BCUT2D eigenvalue weighted by molar-refractivity contribution is 8.00. The van der Waals surface area contributed by atoms with Crippen LogP contribution >= 0.6 is 23.1 Å². The van der Waals surface area contributed by atoms with E-state index in [1.54, 1.807) is 23.1 Å². The number of carbonyl (C=O) groups excluding carboxylic acids is 2. The number of ether oxygens (including phenoxy) is 3. The highest BCUT2D eigenvalue weighted by Crippen LogP contribution is 2.42. The maximum absolute atomic E-state index is 12.3. The summed E-state index contributed by atoms with van der Waals surface area (Å²) in [4.78, 5) is 31.2. The lowest BCUT2D eigenvalue weighted by molar-refractivity contribution is 0.0455. The van der Waals surface area contributed by atoms with E-state index in [0.29, 0.717) is 16.9 Å².